The lowest BCUT2D eigenvalue weighted by molar-refractivity contribution is 0.284. The molecule has 0 atom stereocenters. The summed E-state index contributed by atoms with van der Waals surface area (Å²) in [5.74, 6) is 1.42. The van der Waals surface area contributed by atoms with Crippen LogP contribution in [0.15, 0.2) is 62.9 Å². The molecule has 37 heavy (non-hydrogen) atoms. The molecule has 1 heterocycles. The quantitative estimate of drug-likeness (QED) is 0.178. The monoisotopic (exact) mass is 621 g/mol. The molecule has 0 N–H and O–H groups in total. The average Bonchev–Trinajstić information content (AvgIpc) is 2.88. The summed E-state index contributed by atoms with van der Waals surface area (Å²) in [5, 5.41) is 6.32. The molecule has 0 unspecified atom stereocenters. The molecule has 192 valence electrons. The molecule has 0 spiro atoms. The van der Waals surface area contributed by atoms with Crippen LogP contribution in [0.2, 0.25) is 15.1 Å². The fourth-order valence-corrected chi connectivity index (χ4v) is 4.60. The summed E-state index contributed by atoms with van der Waals surface area (Å²) in [4.78, 5) is 18.1. The number of aromatic nitrogens is 2. The van der Waals surface area contributed by atoms with E-state index in [1.165, 1.54) is 18.0 Å². The number of methoxy groups -OCH3 is 1. The van der Waals surface area contributed by atoms with Gasteiger partial charge in [0.2, 0.25) is 0 Å². The van der Waals surface area contributed by atoms with Gasteiger partial charge in [-0.3, -0.25) is 4.79 Å². The van der Waals surface area contributed by atoms with Crippen molar-refractivity contribution in [3.8, 4) is 11.5 Å². The van der Waals surface area contributed by atoms with Crippen LogP contribution in [0.4, 0.5) is 0 Å². The van der Waals surface area contributed by atoms with Crippen molar-refractivity contribution in [2.75, 3.05) is 7.11 Å². The van der Waals surface area contributed by atoms with E-state index < -0.39 is 0 Å². The predicted molar refractivity (Wildman–Crippen MR) is 154 cm³/mol. The number of benzene rings is 3. The van der Waals surface area contributed by atoms with Gasteiger partial charge in [-0.05, 0) is 48.4 Å². The Morgan fingerprint density at radius 2 is 1.89 bits per heavy atom. The Balaban J connectivity index is 1.77. The Morgan fingerprint density at radius 3 is 2.62 bits per heavy atom. The molecule has 0 aliphatic rings. The SMILES string of the molecule is CCCCc1nc2ccc(Br)cc2c(=O)n1N=Cc1cc(Cl)cc(OC)c1OCc1ccc(Cl)c(Cl)c1. The molecule has 4 rings (SSSR count). The first-order valence-electron chi connectivity index (χ1n) is 11.5. The first kappa shape index (κ1) is 27.5. The van der Waals surface area contributed by atoms with E-state index >= 15 is 0 Å². The number of hydrogen-bond donors (Lipinski definition) is 0. The summed E-state index contributed by atoms with van der Waals surface area (Å²) in [5.41, 5.74) is 1.71. The van der Waals surface area contributed by atoms with Gasteiger partial charge in [0.05, 0.1) is 34.3 Å². The number of unbranched alkanes of at least 4 members (excludes halogenated alkanes) is 1. The fraction of sp³-hybridized carbons (Fsp3) is 0.222. The Bertz CT molecular complexity index is 1540. The van der Waals surface area contributed by atoms with Crippen molar-refractivity contribution in [3.05, 3.63) is 95.4 Å². The van der Waals surface area contributed by atoms with Crippen LogP contribution >= 0.6 is 50.7 Å². The summed E-state index contributed by atoms with van der Waals surface area (Å²) >= 11 is 22.0. The van der Waals surface area contributed by atoms with Crippen LogP contribution in [-0.2, 0) is 13.0 Å². The van der Waals surface area contributed by atoms with Crippen molar-refractivity contribution in [2.45, 2.75) is 32.8 Å². The van der Waals surface area contributed by atoms with Crippen LogP contribution < -0.4 is 15.0 Å². The van der Waals surface area contributed by atoms with E-state index in [9.17, 15) is 4.79 Å². The average molecular weight is 624 g/mol. The first-order valence-corrected chi connectivity index (χ1v) is 13.4. The topological polar surface area (TPSA) is 65.7 Å². The van der Waals surface area contributed by atoms with Crippen molar-refractivity contribution in [1.82, 2.24) is 9.66 Å². The number of ether oxygens (including phenoxy) is 2. The lowest BCUT2D eigenvalue weighted by Crippen LogP contribution is -2.22. The standard InChI is InChI=1S/C27H23BrCl3N3O3/c1-3-4-5-25-33-23-9-7-18(28)12-20(23)27(35)34(25)32-14-17-11-19(29)13-24(36-2)26(17)37-15-16-6-8-21(30)22(31)10-16/h6-14H,3-5,15H2,1-2H3. The minimum Gasteiger partial charge on any atom is -0.493 e. The third-order valence-electron chi connectivity index (χ3n) is 5.58. The van der Waals surface area contributed by atoms with E-state index in [1.807, 2.05) is 18.2 Å². The number of nitrogens with zero attached hydrogens (tertiary/aromatic N) is 3. The number of fused-ring (bicyclic) bond motifs is 1. The second-order valence-electron chi connectivity index (χ2n) is 8.22. The molecule has 0 aliphatic heterocycles. The van der Waals surface area contributed by atoms with Crippen LogP contribution in [0.5, 0.6) is 11.5 Å². The highest BCUT2D eigenvalue weighted by molar-refractivity contribution is 9.10. The molecule has 0 bridgehead atoms. The third kappa shape index (κ3) is 6.47. The Morgan fingerprint density at radius 1 is 1.08 bits per heavy atom. The fourth-order valence-electron chi connectivity index (χ4n) is 3.71. The highest BCUT2D eigenvalue weighted by Crippen LogP contribution is 2.35. The molecule has 1 aromatic heterocycles. The molecule has 0 aliphatic carbocycles. The minimum absolute atomic E-state index is 0.197. The van der Waals surface area contributed by atoms with Crippen molar-refractivity contribution >= 4 is 67.9 Å². The Hall–Kier alpha value is -2.58. The molecule has 0 radical (unpaired) electrons. The molecule has 10 heteroatoms. The van der Waals surface area contributed by atoms with Crippen molar-refractivity contribution in [3.63, 3.8) is 0 Å². The van der Waals surface area contributed by atoms with Gasteiger partial charge in [-0.1, -0.05) is 70.1 Å². The minimum atomic E-state index is -0.263. The molecule has 0 saturated carbocycles. The molecular formula is C27H23BrCl3N3O3. The number of halogens is 4. The van der Waals surface area contributed by atoms with E-state index in [0.29, 0.717) is 55.3 Å². The van der Waals surface area contributed by atoms with Crippen molar-refractivity contribution in [1.29, 1.82) is 0 Å². The van der Waals surface area contributed by atoms with Crippen LogP contribution in [0.1, 0.15) is 36.7 Å². The molecule has 0 fully saturated rings. The normalized spacial score (nSPS) is 11.4. The number of hydrogen-bond acceptors (Lipinski definition) is 5. The Labute approximate surface area is 237 Å². The zero-order valence-electron chi connectivity index (χ0n) is 20.1. The van der Waals surface area contributed by atoms with E-state index in [-0.39, 0.29) is 12.2 Å². The molecule has 0 amide bonds. The zero-order valence-corrected chi connectivity index (χ0v) is 24.0. The van der Waals surface area contributed by atoms with Crippen molar-refractivity contribution in [2.24, 2.45) is 5.10 Å². The summed E-state index contributed by atoms with van der Waals surface area (Å²) in [6, 6.07) is 14.0. The second-order valence-corrected chi connectivity index (χ2v) is 10.4. The third-order valence-corrected chi connectivity index (χ3v) is 7.03. The molecule has 3 aromatic carbocycles. The van der Waals surface area contributed by atoms with Gasteiger partial charge < -0.3 is 9.47 Å². The zero-order chi connectivity index (χ0) is 26.5. The molecule has 4 aromatic rings. The lowest BCUT2D eigenvalue weighted by atomic mass is 10.2. The van der Waals surface area contributed by atoms with Gasteiger partial charge in [0.25, 0.3) is 5.56 Å². The van der Waals surface area contributed by atoms with Gasteiger partial charge in [-0.15, -0.1) is 0 Å². The van der Waals surface area contributed by atoms with Crippen LogP contribution in [0.3, 0.4) is 0 Å². The lowest BCUT2D eigenvalue weighted by Gasteiger charge is -2.15. The van der Waals surface area contributed by atoms with Gasteiger partial charge in [-0.25, -0.2) is 4.98 Å². The van der Waals surface area contributed by atoms with Gasteiger partial charge in [-0.2, -0.15) is 9.78 Å². The molecule has 6 nitrogen and oxygen atoms in total. The van der Waals surface area contributed by atoms with Crippen LogP contribution in [0.25, 0.3) is 10.9 Å². The maximum absolute atomic E-state index is 13.4. The van der Waals surface area contributed by atoms with Gasteiger partial charge in [0.15, 0.2) is 11.5 Å². The highest BCUT2D eigenvalue weighted by Gasteiger charge is 2.15. The van der Waals surface area contributed by atoms with E-state index in [2.05, 4.69) is 28.0 Å². The highest BCUT2D eigenvalue weighted by atomic mass is 79.9. The smallest absolute Gasteiger partial charge is 0.282 e. The maximum Gasteiger partial charge on any atom is 0.282 e. The molecular weight excluding hydrogens is 601 g/mol. The van der Waals surface area contributed by atoms with Gasteiger partial charge in [0, 0.05) is 27.5 Å². The summed E-state index contributed by atoms with van der Waals surface area (Å²) < 4.78 is 13.7. The second kappa shape index (κ2) is 12.3. The van der Waals surface area contributed by atoms with Gasteiger partial charge in [0.1, 0.15) is 12.4 Å². The number of rotatable bonds is 9. The van der Waals surface area contributed by atoms with E-state index in [0.717, 1.165) is 22.9 Å². The van der Waals surface area contributed by atoms with Crippen LogP contribution in [-0.4, -0.2) is 23.0 Å². The summed E-state index contributed by atoms with van der Waals surface area (Å²) in [7, 11) is 1.52. The van der Waals surface area contributed by atoms with Gasteiger partial charge >= 0.3 is 0 Å². The summed E-state index contributed by atoms with van der Waals surface area (Å²) in [6.07, 6.45) is 3.96. The van der Waals surface area contributed by atoms with Crippen LogP contribution in [0, 0.1) is 0 Å². The maximum atomic E-state index is 13.4. The van der Waals surface area contributed by atoms with E-state index in [4.69, 9.17) is 49.3 Å². The predicted octanol–water partition coefficient (Wildman–Crippen LogP) is 7.93. The summed E-state index contributed by atoms with van der Waals surface area (Å²) in [6.45, 7) is 2.28. The first-order chi connectivity index (χ1) is 17.8. The van der Waals surface area contributed by atoms with E-state index in [1.54, 1.807) is 30.3 Å². The Kier molecular flexibility index (Phi) is 9.13. The largest absolute Gasteiger partial charge is 0.493 e. The number of aryl methyl sites for hydroxylation is 1. The van der Waals surface area contributed by atoms with Crippen molar-refractivity contribution < 1.29 is 9.47 Å². The molecule has 0 saturated heterocycles.